The smallest absolute Gasteiger partial charge is 0.230 e. The molecule has 1 amide bonds. The van der Waals surface area contributed by atoms with Gasteiger partial charge in [-0.1, -0.05) is 18.6 Å². The molecule has 0 spiro atoms. The molecule has 0 bridgehead atoms. The fourth-order valence-electron chi connectivity index (χ4n) is 3.11. The number of carbonyl (C=O) groups excluding carboxylic acids is 1. The van der Waals surface area contributed by atoms with Crippen molar-refractivity contribution in [3.63, 3.8) is 0 Å². The lowest BCUT2D eigenvalue weighted by Crippen LogP contribution is -2.39. The molecule has 0 aromatic heterocycles. The van der Waals surface area contributed by atoms with Gasteiger partial charge in [-0.25, -0.2) is 0 Å². The van der Waals surface area contributed by atoms with Crippen LogP contribution in [0.2, 0.25) is 0 Å². The lowest BCUT2D eigenvalue weighted by molar-refractivity contribution is -0.123. The number of anilines is 1. The molecular formula is C16H24N2O. The van der Waals surface area contributed by atoms with Gasteiger partial charge in [0, 0.05) is 18.2 Å². The largest absolute Gasteiger partial charge is 0.330 e. The molecule has 1 aromatic carbocycles. The van der Waals surface area contributed by atoms with Gasteiger partial charge in [-0.2, -0.15) is 0 Å². The zero-order chi connectivity index (χ0) is 13.8. The van der Waals surface area contributed by atoms with Crippen LogP contribution in [-0.4, -0.2) is 19.0 Å². The Balaban J connectivity index is 2.19. The normalized spacial score (nSPS) is 22.5. The average molecular weight is 260 g/mol. The second kappa shape index (κ2) is 6.20. The monoisotopic (exact) mass is 260 g/mol. The summed E-state index contributed by atoms with van der Waals surface area (Å²) in [6.07, 6.45) is 3.21. The fraction of sp³-hybridized carbons (Fsp3) is 0.562. The van der Waals surface area contributed by atoms with E-state index in [1.54, 1.807) is 0 Å². The summed E-state index contributed by atoms with van der Waals surface area (Å²) < 4.78 is 0. The quantitative estimate of drug-likeness (QED) is 0.904. The fourth-order valence-corrected chi connectivity index (χ4v) is 3.11. The number of nitrogens with zero attached hydrogens (tertiary/aromatic N) is 1. The van der Waals surface area contributed by atoms with Gasteiger partial charge >= 0.3 is 0 Å². The first-order valence-electron chi connectivity index (χ1n) is 7.25. The van der Waals surface area contributed by atoms with Gasteiger partial charge in [0.25, 0.3) is 0 Å². The third kappa shape index (κ3) is 2.98. The molecule has 0 radical (unpaired) electrons. The van der Waals surface area contributed by atoms with Crippen molar-refractivity contribution >= 4 is 11.6 Å². The summed E-state index contributed by atoms with van der Waals surface area (Å²) in [6.45, 7) is 5.44. The van der Waals surface area contributed by atoms with E-state index in [9.17, 15) is 4.79 Å². The van der Waals surface area contributed by atoms with Crippen LogP contribution in [0.1, 0.15) is 31.7 Å². The third-order valence-corrected chi connectivity index (χ3v) is 4.17. The third-order valence-electron chi connectivity index (χ3n) is 4.17. The van der Waals surface area contributed by atoms with E-state index in [1.807, 2.05) is 24.0 Å². The zero-order valence-electron chi connectivity index (χ0n) is 11.9. The predicted molar refractivity (Wildman–Crippen MR) is 79.1 cm³/mol. The Kier molecular flexibility index (Phi) is 4.59. The van der Waals surface area contributed by atoms with Gasteiger partial charge in [0.2, 0.25) is 5.91 Å². The predicted octanol–water partition coefficient (Wildman–Crippen LogP) is 2.72. The van der Waals surface area contributed by atoms with E-state index in [1.165, 1.54) is 5.56 Å². The van der Waals surface area contributed by atoms with Crippen molar-refractivity contribution in [3.05, 3.63) is 29.8 Å². The number of nitrogens with two attached hydrogens (primary N) is 1. The maximum Gasteiger partial charge on any atom is 0.230 e. The Morgan fingerprint density at radius 1 is 1.42 bits per heavy atom. The number of amides is 1. The van der Waals surface area contributed by atoms with Crippen molar-refractivity contribution in [2.75, 3.05) is 18.0 Å². The van der Waals surface area contributed by atoms with Crippen LogP contribution in [-0.2, 0) is 4.79 Å². The molecule has 2 atom stereocenters. The van der Waals surface area contributed by atoms with Gasteiger partial charge in [-0.3, -0.25) is 4.79 Å². The van der Waals surface area contributed by atoms with Gasteiger partial charge in [0.1, 0.15) is 0 Å². The minimum atomic E-state index is 0.116. The molecule has 2 N–H and O–H groups in total. The number of carbonyl (C=O) groups is 1. The van der Waals surface area contributed by atoms with Gasteiger partial charge in [-0.15, -0.1) is 0 Å². The summed E-state index contributed by atoms with van der Waals surface area (Å²) in [4.78, 5) is 14.6. The number of hydrogen-bond donors (Lipinski definition) is 1. The van der Waals surface area contributed by atoms with Gasteiger partial charge < -0.3 is 10.6 Å². The SMILES string of the molecule is CCN(C(=O)C1CCCC1CN)c1cccc(C)c1. The van der Waals surface area contributed by atoms with Crippen molar-refractivity contribution in [1.29, 1.82) is 0 Å². The lowest BCUT2D eigenvalue weighted by Gasteiger charge is -2.27. The Hall–Kier alpha value is -1.35. The highest BCUT2D eigenvalue weighted by atomic mass is 16.2. The van der Waals surface area contributed by atoms with Crippen LogP contribution in [0.3, 0.4) is 0 Å². The van der Waals surface area contributed by atoms with Crippen LogP contribution < -0.4 is 10.6 Å². The Morgan fingerprint density at radius 3 is 2.84 bits per heavy atom. The average Bonchev–Trinajstić information content (AvgIpc) is 2.87. The van der Waals surface area contributed by atoms with E-state index in [2.05, 4.69) is 19.1 Å². The van der Waals surface area contributed by atoms with Crippen LogP contribution >= 0.6 is 0 Å². The van der Waals surface area contributed by atoms with E-state index in [4.69, 9.17) is 5.73 Å². The second-order valence-electron chi connectivity index (χ2n) is 5.45. The van der Waals surface area contributed by atoms with E-state index in [0.717, 1.165) is 31.5 Å². The first-order chi connectivity index (χ1) is 9.17. The summed E-state index contributed by atoms with van der Waals surface area (Å²) >= 11 is 0. The molecule has 2 unspecified atom stereocenters. The summed E-state index contributed by atoms with van der Waals surface area (Å²) in [5, 5.41) is 0. The maximum atomic E-state index is 12.7. The molecule has 104 valence electrons. The number of aryl methyl sites for hydroxylation is 1. The molecule has 1 aliphatic rings. The van der Waals surface area contributed by atoms with Crippen molar-refractivity contribution in [2.24, 2.45) is 17.6 Å². The summed E-state index contributed by atoms with van der Waals surface area (Å²) in [7, 11) is 0. The van der Waals surface area contributed by atoms with Crippen LogP contribution in [0, 0.1) is 18.8 Å². The molecule has 2 rings (SSSR count). The van der Waals surface area contributed by atoms with Crippen molar-refractivity contribution in [2.45, 2.75) is 33.1 Å². The zero-order valence-corrected chi connectivity index (χ0v) is 11.9. The highest BCUT2D eigenvalue weighted by molar-refractivity contribution is 5.95. The van der Waals surface area contributed by atoms with E-state index >= 15 is 0 Å². The minimum absolute atomic E-state index is 0.116. The number of benzene rings is 1. The number of hydrogen-bond acceptors (Lipinski definition) is 2. The molecule has 1 fully saturated rings. The highest BCUT2D eigenvalue weighted by Gasteiger charge is 2.34. The summed E-state index contributed by atoms with van der Waals surface area (Å²) in [5.41, 5.74) is 7.99. The van der Waals surface area contributed by atoms with Gasteiger partial charge in [0.05, 0.1) is 0 Å². The first-order valence-corrected chi connectivity index (χ1v) is 7.25. The van der Waals surface area contributed by atoms with E-state index in [-0.39, 0.29) is 11.8 Å². The molecule has 1 aromatic rings. The van der Waals surface area contributed by atoms with Crippen LogP contribution in [0.5, 0.6) is 0 Å². The molecule has 0 saturated heterocycles. The van der Waals surface area contributed by atoms with Crippen LogP contribution in [0.25, 0.3) is 0 Å². The second-order valence-corrected chi connectivity index (χ2v) is 5.45. The molecular weight excluding hydrogens is 236 g/mol. The van der Waals surface area contributed by atoms with Gasteiger partial charge in [0.15, 0.2) is 0 Å². The topological polar surface area (TPSA) is 46.3 Å². The van der Waals surface area contributed by atoms with E-state index in [0.29, 0.717) is 12.5 Å². The lowest BCUT2D eigenvalue weighted by atomic mass is 9.94. The molecule has 0 aliphatic heterocycles. The molecule has 1 saturated carbocycles. The Bertz CT molecular complexity index is 444. The van der Waals surface area contributed by atoms with E-state index < -0.39 is 0 Å². The van der Waals surface area contributed by atoms with Crippen LogP contribution in [0.4, 0.5) is 5.69 Å². The van der Waals surface area contributed by atoms with Crippen LogP contribution in [0.15, 0.2) is 24.3 Å². The van der Waals surface area contributed by atoms with Gasteiger partial charge in [-0.05, 0) is 56.8 Å². The molecule has 0 heterocycles. The Labute approximate surface area is 115 Å². The molecule has 19 heavy (non-hydrogen) atoms. The highest BCUT2D eigenvalue weighted by Crippen LogP contribution is 2.33. The summed E-state index contributed by atoms with van der Waals surface area (Å²) in [5.74, 6) is 0.734. The standard InChI is InChI=1S/C16H24N2O/c1-3-18(14-8-4-6-12(2)10-14)16(19)15-9-5-7-13(15)11-17/h4,6,8,10,13,15H,3,5,7,9,11,17H2,1-2H3. The van der Waals surface area contributed by atoms with Crippen molar-refractivity contribution < 1.29 is 4.79 Å². The molecule has 3 heteroatoms. The molecule has 1 aliphatic carbocycles. The number of rotatable bonds is 4. The maximum absolute atomic E-state index is 12.7. The van der Waals surface area contributed by atoms with Crippen molar-refractivity contribution in [3.8, 4) is 0 Å². The summed E-state index contributed by atoms with van der Waals surface area (Å²) in [6, 6.07) is 8.16. The minimum Gasteiger partial charge on any atom is -0.330 e. The Morgan fingerprint density at radius 2 is 2.21 bits per heavy atom. The molecule has 3 nitrogen and oxygen atoms in total. The van der Waals surface area contributed by atoms with Crippen molar-refractivity contribution in [1.82, 2.24) is 0 Å². The first kappa shape index (κ1) is 14.1.